The predicted octanol–water partition coefficient (Wildman–Crippen LogP) is 2.19. The van der Waals surface area contributed by atoms with Gasteiger partial charge in [0.1, 0.15) is 0 Å². The zero-order valence-electron chi connectivity index (χ0n) is 11.9. The number of aromatic nitrogens is 8. The lowest BCUT2D eigenvalue weighted by Gasteiger charge is -1.97. The monoisotopic (exact) mass is 324 g/mol. The van der Waals surface area contributed by atoms with E-state index in [1.54, 1.807) is 4.68 Å². The van der Waals surface area contributed by atoms with Gasteiger partial charge in [-0.2, -0.15) is 10.4 Å². The summed E-state index contributed by atoms with van der Waals surface area (Å²) in [5.41, 5.74) is 1.91. The minimum Gasteiger partial charge on any atom is -0.210 e. The summed E-state index contributed by atoms with van der Waals surface area (Å²) in [6, 6.07) is 19.3. The molecule has 0 spiro atoms. The molecule has 2 aromatic heterocycles. The molecule has 23 heavy (non-hydrogen) atoms. The molecule has 0 atom stereocenters. The van der Waals surface area contributed by atoms with Crippen molar-refractivity contribution in [2.75, 3.05) is 0 Å². The summed E-state index contributed by atoms with van der Waals surface area (Å²) in [5, 5.41) is 23.5. The molecular weight excluding hydrogens is 312 g/mol. The molecule has 4 aromatic rings. The Kier molecular flexibility index (Phi) is 4.60. The van der Waals surface area contributed by atoms with Crippen LogP contribution in [0.5, 0.6) is 0 Å². The highest BCUT2D eigenvalue weighted by molar-refractivity contribution is 7.71. The van der Waals surface area contributed by atoms with Gasteiger partial charge in [0.15, 0.2) is 0 Å². The van der Waals surface area contributed by atoms with Crippen molar-refractivity contribution in [3.63, 3.8) is 0 Å². The number of para-hydroxylation sites is 1. The Bertz CT molecular complexity index is 883. The number of aromatic amines is 2. The molecule has 0 aliphatic heterocycles. The first kappa shape index (κ1) is 14.7. The third-order valence-electron chi connectivity index (χ3n) is 2.86. The molecule has 2 heterocycles. The van der Waals surface area contributed by atoms with Crippen molar-refractivity contribution in [3.05, 3.63) is 65.4 Å². The minimum absolute atomic E-state index is 0.432. The first-order chi connectivity index (χ1) is 11.3. The zero-order valence-corrected chi connectivity index (χ0v) is 12.7. The van der Waals surface area contributed by atoms with Crippen LogP contribution >= 0.6 is 12.2 Å². The van der Waals surface area contributed by atoms with E-state index in [1.807, 2.05) is 60.7 Å². The van der Waals surface area contributed by atoms with Crippen LogP contribution in [0.15, 0.2) is 60.7 Å². The van der Waals surface area contributed by atoms with E-state index < -0.39 is 0 Å². The Balaban J connectivity index is 0.000000136. The Morgan fingerprint density at radius 3 is 2.09 bits per heavy atom. The molecular formula is C14H12N8S. The minimum atomic E-state index is 0.432. The summed E-state index contributed by atoms with van der Waals surface area (Å²) >= 11 is 4.93. The fourth-order valence-corrected chi connectivity index (χ4v) is 2.00. The third kappa shape index (κ3) is 3.71. The van der Waals surface area contributed by atoms with Crippen LogP contribution in [0.3, 0.4) is 0 Å². The summed E-state index contributed by atoms with van der Waals surface area (Å²) in [5.74, 6) is 0.630. The van der Waals surface area contributed by atoms with Crippen LogP contribution in [0.25, 0.3) is 17.1 Å². The van der Waals surface area contributed by atoms with Gasteiger partial charge in [0.2, 0.25) is 10.6 Å². The van der Waals surface area contributed by atoms with Crippen LogP contribution in [0.1, 0.15) is 0 Å². The van der Waals surface area contributed by atoms with Gasteiger partial charge in [-0.3, -0.25) is 0 Å². The van der Waals surface area contributed by atoms with E-state index in [2.05, 4.69) is 36.1 Å². The SMILES string of the molecule is S=c1nn[nH]n1-c1ccccc1.c1ccc(-c2nn[nH]n2)cc1. The van der Waals surface area contributed by atoms with Crippen molar-refractivity contribution in [1.29, 1.82) is 0 Å². The van der Waals surface area contributed by atoms with Gasteiger partial charge in [-0.1, -0.05) is 58.8 Å². The number of nitrogens with one attached hydrogen (secondary N) is 2. The van der Waals surface area contributed by atoms with E-state index in [9.17, 15) is 0 Å². The molecule has 0 fully saturated rings. The lowest BCUT2D eigenvalue weighted by molar-refractivity contribution is 0.786. The zero-order chi connectivity index (χ0) is 15.9. The van der Waals surface area contributed by atoms with Gasteiger partial charge in [-0.05, 0) is 29.6 Å². The Morgan fingerprint density at radius 2 is 1.52 bits per heavy atom. The average molecular weight is 324 g/mol. The molecule has 0 unspecified atom stereocenters. The lowest BCUT2D eigenvalue weighted by Crippen LogP contribution is -1.95. The van der Waals surface area contributed by atoms with E-state index in [0.717, 1.165) is 11.3 Å². The second kappa shape index (κ2) is 7.18. The second-order valence-electron chi connectivity index (χ2n) is 4.35. The molecule has 0 aliphatic rings. The molecule has 4 rings (SSSR count). The number of hydrogen-bond acceptors (Lipinski definition) is 6. The fraction of sp³-hybridized carbons (Fsp3) is 0. The molecule has 8 nitrogen and oxygen atoms in total. The lowest BCUT2D eigenvalue weighted by atomic mass is 10.2. The van der Waals surface area contributed by atoms with Gasteiger partial charge in [0.25, 0.3) is 0 Å². The quantitative estimate of drug-likeness (QED) is 0.548. The number of tetrazole rings is 2. The van der Waals surface area contributed by atoms with Gasteiger partial charge in [0.05, 0.1) is 5.69 Å². The smallest absolute Gasteiger partial charge is 0.210 e. The largest absolute Gasteiger partial charge is 0.242 e. The molecule has 0 aliphatic carbocycles. The molecule has 0 radical (unpaired) electrons. The summed E-state index contributed by atoms with van der Waals surface area (Å²) in [6.45, 7) is 0. The number of rotatable bonds is 2. The van der Waals surface area contributed by atoms with E-state index in [4.69, 9.17) is 12.2 Å². The van der Waals surface area contributed by atoms with Gasteiger partial charge in [-0.25, -0.2) is 4.68 Å². The summed E-state index contributed by atoms with van der Waals surface area (Å²) in [6.07, 6.45) is 0. The maximum absolute atomic E-state index is 4.93. The number of H-pyrrole nitrogens is 2. The van der Waals surface area contributed by atoms with Crippen LogP contribution in [0.4, 0.5) is 0 Å². The van der Waals surface area contributed by atoms with Crippen LogP contribution in [0, 0.1) is 4.77 Å². The summed E-state index contributed by atoms with van der Waals surface area (Å²) in [4.78, 5) is 0. The topological polar surface area (TPSA) is 101 Å². The maximum Gasteiger partial charge on any atom is 0.242 e. The second-order valence-corrected chi connectivity index (χ2v) is 4.72. The average Bonchev–Trinajstić information content (AvgIpc) is 3.29. The van der Waals surface area contributed by atoms with Crippen LogP contribution in [-0.2, 0) is 0 Å². The molecule has 2 aromatic carbocycles. The van der Waals surface area contributed by atoms with Gasteiger partial charge in [-0.15, -0.1) is 10.2 Å². The predicted molar refractivity (Wildman–Crippen MR) is 86.2 cm³/mol. The third-order valence-corrected chi connectivity index (χ3v) is 3.13. The highest BCUT2D eigenvalue weighted by atomic mass is 32.1. The van der Waals surface area contributed by atoms with Crippen molar-refractivity contribution < 1.29 is 0 Å². The van der Waals surface area contributed by atoms with Crippen molar-refractivity contribution in [1.82, 2.24) is 40.8 Å². The van der Waals surface area contributed by atoms with Crippen molar-refractivity contribution in [2.45, 2.75) is 0 Å². The molecule has 2 N–H and O–H groups in total. The fourth-order valence-electron chi connectivity index (χ4n) is 1.81. The molecule has 9 heteroatoms. The maximum atomic E-state index is 4.93. The molecule has 0 saturated heterocycles. The molecule has 0 saturated carbocycles. The summed E-state index contributed by atoms with van der Waals surface area (Å²) < 4.78 is 2.07. The van der Waals surface area contributed by atoms with E-state index in [1.165, 1.54) is 0 Å². The Morgan fingerprint density at radius 1 is 0.826 bits per heavy atom. The van der Waals surface area contributed by atoms with Crippen molar-refractivity contribution in [3.8, 4) is 17.1 Å². The van der Waals surface area contributed by atoms with Gasteiger partial charge in [0, 0.05) is 5.56 Å². The standard InChI is InChI=1S/C7H6N4S.C7H6N4/c12-7-8-9-10-11(7)6-4-2-1-3-5-6;1-2-4-6(5-3-1)7-8-10-11-9-7/h1-5H,(H,8,10,12);1-5H,(H,8,9,10,11). The highest BCUT2D eigenvalue weighted by Gasteiger charge is 1.98. The van der Waals surface area contributed by atoms with Crippen molar-refractivity contribution >= 4 is 12.2 Å². The Hall–Kier alpha value is -3.20. The molecule has 114 valence electrons. The van der Waals surface area contributed by atoms with Crippen LogP contribution in [-0.4, -0.2) is 40.8 Å². The first-order valence-electron chi connectivity index (χ1n) is 6.69. The van der Waals surface area contributed by atoms with E-state index >= 15 is 0 Å². The van der Waals surface area contributed by atoms with Crippen LogP contribution in [0.2, 0.25) is 0 Å². The number of benzene rings is 2. The number of nitrogens with zero attached hydrogens (tertiary/aromatic N) is 6. The van der Waals surface area contributed by atoms with E-state index in [-0.39, 0.29) is 0 Å². The summed E-state index contributed by atoms with van der Waals surface area (Å²) in [7, 11) is 0. The Labute approximate surface area is 136 Å². The van der Waals surface area contributed by atoms with Crippen LogP contribution < -0.4 is 0 Å². The van der Waals surface area contributed by atoms with E-state index in [0.29, 0.717) is 10.6 Å². The molecule has 0 bridgehead atoms. The van der Waals surface area contributed by atoms with Gasteiger partial charge >= 0.3 is 0 Å². The first-order valence-corrected chi connectivity index (χ1v) is 7.10. The van der Waals surface area contributed by atoms with Gasteiger partial charge < -0.3 is 0 Å². The van der Waals surface area contributed by atoms with Crippen molar-refractivity contribution in [2.24, 2.45) is 0 Å². The highest BCUT2D eigenvalue weighted by Crippen LogP contribution is 2.10. The number of hydrogen-bond donors (Lipinski definition) is 2. The molecule has 0 amide bonds. The normalized spacial score (nSPS) is 9.91.